The minimum Gasteiger partial charge on any atom is -0.325 e. The number of hydrogen-bond acceptors (Lipinski definition) is 5. The Morgan fingerprint density at radius 2 is 1.94 bits per heavy atom. The highest BCUT2D eigenvalue weighted by molar-refractivity contribution is 7.99. The molecule has 0 fully saturated rings. The minimum absolute atomic E-state index is 0.0836. The number of benzene rings is 2. The van der Waals surface area contributed by atoms with Crippen molar-refractivity contribution in [1.29, 1.82) is 0 Å². The lowest BCUT2D eigenvalue weighted by atomic mass is 10.1. The molecule has 0 aliphatic rings. The summed E-state index contributed by atoms with van der Waals surface area (Å²) in [6, 6.07) is 11.4. The van der Waals surface area contributed by atoms with Gasteiger partial charge in [-0.25, -0.2) is 0 Å². The van der Waals surface area contributed by atoms with Gasteiger partial charge < -0.3 is 9.88 Å². The topological polar surface area (TPSA) is 59.8 Å². The quantitative estimate of drug-likeness (QED) is 0.249. The average Bonchev–Trinajstić information content (AvgIpc) is 3.13. The number of hydrogen-bond donors (Lipinski definition) is 1. The molecule has 0 radical (unpaired) electrons. The van der Waals surface area contributed by atoms with Gasteiger partial charge in [0.25, 0.3) is 0 Å². The molecule has 1 amide bonds. The summed E-state index contributed by atoms with van der Waals surface area (Å²) in [5, 5.41) is 13.5. The van der Waals surface area contributed by atoms with E-state index in [2.05, 4.69) is 22.1 Å². The number of allylic oxidation sites excluding steroid dienone is 1. The Hall–Kier alpha value is -1.93. The molecule has 1 N–H and O–H groups in total. The highest BCUT2D eigenvalue weighted by Gasteiger charge is 2.14. The van der Waals surface area contributed by atoms with Crippen molar-refractivity contribution in [2.75, 3.05) is 11.1 Å². The summed E-state index contributed by atoms with van der Waals surface area (Å²) in [5.41, 5.74) is 4.15. The number of nitrogens with one attached hydrogen (secondary N) is 1. The summed E-state index contributed by atoms with van der Waals surface area (Å²) < 4.78 is 1.98. The fraction of sp³-hybridized carbons (Fsp3) is 0.261. The zero-order valence-electron chi connectivity index (χ0n) is 17.9. The Kier molecular flexibility index (Phi) is 9.11. The van der Waals surface area contributed by atoms with Crippen molar-refractivity contribution < 1.29 is 4.79 Å². The molecular weight excluding hydrogens is 483 g/mol. The van der Waals surface area contributed by atoms with Gasteiger partial charge in [-0.1, -0.05) is 53.2 Å². The zero-order valence-corrected chi connectivity index (χ0v) is 21.0. The Morgan fingerprint density at radius 1 is 1.12 bits per heavy atom. The summed E-state index contributed by atoms with van der Waals surface area (Å²) in [4.78, 5) is 12.4. The van der Waals surface area contributed by atoms with Gasteiger partial charge in [-0.15, -0.1) is 28.5 Å². The third-order valence-corrected chi connectivity index (χ3v) is 7.26. The van der Waals surface area contributed by atoms with E-state index in [0.717, 1.165) is 28.4 Å². The molecule has 168 valence electrons. The normalized spacial score (nSPS) is 10.9. The van der Waals surface area contributed by atoms with Gasteiger partial charge >= 0.3 is 0 Å². The summed E-state index contributed by atoms with van der Waals surface area (Å²) in [7, 11) is 0. The van der Waals surface area contributed by atoms with Crippen LogP contribution in [0, 0.1) is 13.8 Å². The second kappa shape index (κ2) is 11.8. The van der Waals surface area contributed by atoms with E-state index in [9.17, 15) is 4.79 Å². The van der Waals surface area contributed by atoms with Gasteiger partial charge in [0.05, 0.1) is 11.5 Å². The predicted molar refractivity (Wildman–Crippen MR) is 137 cm³/mol. The Bertz CT molecular complexity index is 1120. The maximum Gasteiger partial charge on any atom is 0.234 e. The van der Waals surface area contributed by atoms with Crippen molar-refractivity contribution in [3.8, 4) is 0 Å². The van der Waals surface area contributed by atoms with Crippen LogP contribution >= 0.6 is 46.7 Å². The first-order valence-corrected chi connectivity index (χ1v) is 12.8. The second-order valence-electron chi connectivity index (χ2n) is 7.16. The second-order valence-corrected chi connectivity index (χ2v) is 9.93. The van der Waals surface area contributed by atoms with E-state index < -0.39 is 0 Å². The zero-order chi connectivity index (χ0) is 23.1. The Balaban J connectivity index is 1.58. The molecule has 0 unspecified atom stereocenters. The summed E-state index contributed by atoms with van der Waals surface area (Å²) in [6.07, 6.45) is 1.80. The number of thioether (sulfide) groups is 2. The van der Waals surface area contributed by atoms with Crippen molar-refractivity contribution in [3.05, 3.63) is 81.6 Å². The van der Waals surface area contributed by atoms with Crippen LogP contribution in [-0.4, -0.2) is 26.4 Å². The molecule has 0 atom stereocenters. The fourth-order valence-electron chi connectivity index (χ4n) is 2.88. The van der Waals surface area contributed by atoms with Crippen molar-refractivity contribution >= 4 is 58.3 Å². The molecule has 2 aromatic carbocycles. The minimum atomic E-state index is -0.0836. The predicted octanol–water partition coefficient (Wildman–Crippen LogP) is 6.55. The monoisotopic (exact) mass is 506 g/mol. The maximum absolute atomic E-state index is 12.4. The number of aromatic nitrogens is 3. The van der Waals surface area contributed by atoms with E-state index in [1.807, 2.05) is 48.7 Å². The van der Waals surface area contributed by atoms with Gasteiger partial charge in [0, 0.05) is 28.0 Å². The fourth-order valence-corrected chi connectivity index (χ4v) is 5.17. The van der Waals surface area contributed by atoms with E-state index in [1.54, 1.807) is 23.9 Å². The summed E-state index contributed by atoms with van der Waals surface area (Å²) in [6.45, 7) is 8.48. The largest absolute Gasteiger partial charge is 0.325 e. The highest BCUT2D eigenvalue weighted by atomic mass is 35.5. The van der Waals surface area contributed by atoms with Gasteiger partial charge in [-0.05, 0) is 54.8 Å². The Labute approximate surface area is 207 Å². The molecule has 3 aromatic rings. The van der Waals surface area contributed by atoms with Crippen molar-refractivity contribution in [3.63, 3.8) is 0 Å². The number of carbonyl (C=O) groups is 1. The standard InChI is InChI=1S/C23H24Cl2N4OS2/c1-4-9-29-21(13-31-12-17-6-7-18(24)11-20(17)25)27-28-23(29)32-14-22(30)26-19-8-5-15(2)16(3)10-19/h4-8,10-11H,1,9,12-14H2,2-3H3,(H,26,30). The van der Waals surface area contributed by atoms with Crippen LogP contribution in [0.5, 0.6) is 0 Å². The van der Waals surface area contributed by atoms with E-state index in [1.165, 1.54) is 17.3 Å². The summed E-state index contributed by atoms with van der Waals surface area (Å²) >= 11 is 15.3. The number of amides is 1. The Morgan fingerprint density at radius 3 is 2.66 bits per heavy atom. The van der Waals surface area contributed by atoms with E-state index in [-0.39, 0.29) is 11.7 Å². The van der Waals surface area contributed by atoms with Crippen molar-refractivity contribution in [2.24, 2.45) is 0 Å². The molecule has 3 rings (SSSR count). The first-order chi connectivity index (χ1) is 15.4. The van der Waals surface area contributed by atoms with Crippen LogP contribution in [0.1, 0.15) is 22.5 Å². The number of halogens is 2. The van der Waals surface area contributed by atoms with Gasteiger partial charge in [0.15, 0.2) is 5.16 Å². The van der Waals surface area contributed by atoms with Crippen LogP contribution in [0.25, 0.3) is 0 Å². The number of aryl methyl sites for hydroxylation is 2. The van der Waals surface area contributed by atoms with E-state index in [4.69, 9.17) is 23.2 Å². The highest BCUT2D eigenvalue weighted by Crippen LogP contribution is 2.27. The summed E-state index contributed by atoms with van der Waals surface area (Å²) in [5.74, 6) is 2.39. The lowest BCUT2D eigenvalue weighted by Crippen LogP contribution is -2.15. The van der Waals surface area contributed by atoms with Crippen LogP contribution in [-0.2, 0) is 22.8 Å². The molecule has 0 saturated carbocycles. The molecule has 0 saturated heterocycles. The molecule has 0 spiro atoms. The third-order valence-electron chi connectivity index (χ3n) is 4.73. The maximum atomic E-state index is 12.4. The van der Waals surface area contributed by atoms with Gasteiger partial charge in [-0.3, -0.25) is 4.79 Å². The molecule has 0 bridgehead atoms. The van der Waals surface area contributed by atoms with Crippen molar-refractivity contribution in [1.82, 2.24) is 14.8 Å². The first-order valence-electron chi connectivity index (χ1n) is 9.92. The smallest absolute Gasteiger partial charge is 0.234 e. The first kappa shape index (κ1) is 24.7. The van der Waals surface area contributed by atoms with Crippen LogP contribution in [0.3, 0.4) is 0 Å². The van der Waals surface area contributed by atoms with Crippen LogP contribution in [0.2, 0.25) is 10.0 Å². The lowest BCUT2D eigenvalue weighted by molar-refractivity contribution is -0.113. The van der Waals surface area contributed by atoms with Gasteiger partial charge in [0.2, 0.25) is 5.91 Å². The number of nitrogens with zero attached hydrogens (tertiary/aromatic N) is 3. The lowest BCUT2D eigenvalue weighted by Gasteiger charge is -2.09. The number of rotatable bonds is 10. The van der Waals surface area contributed by atoms with Crippen LogP contribution in [0.4, 0.5) is 5.69 Å². The SMILES string of the molecule is C=CCn1c(CSCc2ccc(Cl)cc2Cl)nnc1SCC(=O)Nc1ccc(C)c(C)c1. The van der Waals surface area contributed by atoms with E-state index >= 15 is 0 Å². The van der Waals surface area contributed by atoms with Crippen LogP contribution in [0.15, 0.2) is 54.2 Å². The molecule has 5 nitrogen and oxygen atoms in total. The molecule has 1 heterocycles. The third kappa shape index (κ3) is 6.78. The molecule has 9 heteroatoms. The van der Waals surface area contributed by atoms with Gasteiger partial charge in [0.1, 0.15) is 5.82 Å². The number of anilines is 1. The van der Waals surface area contributed by atoms with Gasteiger partial charge in [-0.2, -0.15) is 0 Å². The van der Waals surface area contributed by atoms with Crippen molar-refractivity contribution in [2.45, 2.75) is 37.1 Å². The molecule has 32 heavy (non-hydrogen) atoms. The molecule has 0 aliphatic carbocycles. The molecular formula is C23H24Cl2N4OS2. The molecule has 0 aliphatic heterocycles. The van der Waals surface area contributed by atoms with Crippen LogP contribution < -0.4 is 5.32 Å². The molecule has 1 aromatic heterocycles. The average molecular weight is 508 g/mol. The number of carbonyl (C=O) groups excluding carboxylic acids is 1. The van der Waals surface area contributed by atoms with E-state index in [0.29, 0.717) is 27.5 Å².